The number of likely N-dealkylation sites (N-methyl/N-ethyl adjacent to an activating group) is 1. The summed E-state index contributed by atoms with van der Waals surface area (Å²) in [5.41, 5.74) is 0.630. The maximum Gasteiger partial charge on any atom is 0.241 e. The molecule has 0 spiro atoms. The van der Waals surface area contributed by atoms with Crippen molar-refractivity contribution in [3.8, 4) is 0 Å². The van der Waals surface area contributed by atoms with Crippen LogP contribution in [0.1, 0.15) is 6.92 Å². The summed E-state index contributed by atoms with van der Waals surface area (Å²) >= 11 is 0. The summed E-state index contributed by atoms with van der Waals surface area (Å²) in [4.78, 5) is 21.7. The van der Waals surface area contributed by atoms with Crippen molar-refractivity contribution in [1.29, 1.82) is 0 Å². The van der Waals surface area contributed by atoms with Gasteiger partial charge in [0, 0.05) is 20.6 Å². The van der Waals surface area contributed by atoms with E-state index in [-0.39, 0.29) is 12.5 Å². The Labute approximate surface area is 110 Å². The third kappa shape index (κ3) is 2.90. The van der Waals surface area contributed by atoms with Gasteiger partial charge in [0.25, 0.3) is 0 Å². The van der Waals surface area contributed by atoms with E-state index in [4.69, 9.17) is 0 Å². The number of aromatic nitrogens is 4. The second-order valence-corrected chi connectivity index (χ2v) is 4.20. The highest BCUT2D eigenvalue weighted by Crippen LogP contribution is 2.19. The second-order valence-electron chi connectivity index (χ2n) is 4.20. The van der Waals surface area contributed by atoms with Gasteiger partial charge in [-0.05, 0) is 6.92 Å². The number of H-pyrrole nitrogens is 1. The molecule has 8 heteroatoms. The molecule has 8 nitrogen and oxygen atoms in total. The van der Waals surface area contributed by atoms with E-state index in [0.29, 0.717) is 17.4 Å². The van der Waals surface area contributed by atoms with Gasteiger partial charge in [0.15, 0.2) is 5.65 Å². The first-order valence-electron chi connectivity index (χ1n) is 6.00. The molecule has 0 fully saturated rings. The molecule has 0 saturated heterocycles. The number of fused-ring (bicyclic) bond motifs is 1. The first-order valence-corrected chi connectivity index (χ1v) is 6.00. The summed E-state index contributed by atoms with van der Waals surface area (Å²) < 4.78 is 0. The van der Waals surface area contributed by atoms with Crippen LogP contribution in [-0.4, -0.2) is 58.2 Å². The molecule has 0 radical (unpaired) electrons. The van der Waals surface area contributed by atoms with E-state index in [1.54, 1.807) is 20.3 Å². The molecule has 2 aromatic heterocycles. The minimum absolute atomic E-state index is 0.0275. The molecule has 2 rings (SSSR count). The molecule has 0 aliphatic rings. The molecule has 2 aromatic rings. The number of rotatable bonds is 5. The van der Waals surface area contributed by atoms with Crippen LogP contribution in [-0.2, 0) is 4.79 Å². The highest BCUT2D eigenvalue weighted by Gasteiger charge is 2.11. The van der Waals surface area contributed by atoms with Gasteiger partial charge in [0.1, 0.15) is 5.82 Å². The maximum atomic E-state index is 11.6. The molecule has 1 amide bonds. The lowest BCUT2D eigenvalue weighted by Crippen LogP contribution is -2.28. The number of anilines is 2. The topological polar surface area (TPSA) is 98.8 Å². The fourth-order valence-electron chi connectivity index (χ4n) is 1.52. The van der Waals surface area contributed by atoms with E-state index >= 15 is 0 Å². The van der Waals surface area contributed by atoms with E-state index in [1.807, 2.05) is 6.92 Å². The predicted molar refractivity (Wildman–Crippen MR) is 73.0 cm³/mol. The lowest BCUT2D eigenvalue weighted by molar-refractivity contribution is -0.126. The predicted octanol–water partition coefficient (Wildman–Crippen LogP) is 0.285. The summed E-state index contributed by atoms with van der Waals surface area (Å²) in [6.07, 6.45) is 1.63. The molecule has 102 valence electrons. The van der Waals surface area contributed by atoms with Gasteiger partial charge < -0.3 is 15.5 Å². The number of hydrogen-bond acceptors (Lipinski definition) is 6. The Morgan fingerprint density at radius 3 is 2.84 bits per heavy atom. The number of carbonyl (C=O) groups is 1. The van der Waals surface area contributed by atoms with Crippen LogP contribution < -0.4 is 10.6 Å². The van der Waals surface area contributed by atoms with Crippen molar-refractivity contribution in [2.45, 2.75) is 6.92 Å². The third-order valence-electron chi connectivity index (χ3n) is 2.55. The Morgan fingerprint density at radius 2 is 2.16 bits per heavy atom. The van der Waals surface area contributed by atoms with Gasteiger partial charge in [-0.15, -0.1) is 0 Å². The van der Waals surface area contributed by atoms with Crippen LogP contribution in [0.2, 0.25) is 0 Å². The number of aromatic amines is 1. The van der Waals surface area contributed by atoms with Crippen LogP contribution in [0.15, 0.2) is 6.20 Å². The Balaban J connectivity index is 2.24. The van der Waals surface area contributed by atoms with Crippen molar-refractivity contribution in [1.82, 2.24) is 25.1 Å². The molecule has 0 bridgehead atoms. The van der Waals surface area contributed by atoms with Gasteiger partial charge in [0.2, 0.25) is 11.9 Å². The maximum absolute atomic E-state index is 11.6. The standard InChI is InChI=1S/C11H17N7O/c1-4-12-11-15-9(13-6-8(19)18(2)3)7-5-14-17-10(7)16-11/h5H,4,6H2,1-3H3,(H3,12,13,14,15,16,17). The smallest absolute Gasteiger partial charge is 0.241 e. The zero-order chi connectivity index (χ0) is 13.8. The average molecular weight is 263 g/mol. The summed E-state index contributed by atoms with van der Waals surface area (Å²) in [6, 6.07) is 0. The summed E-state index contributed by atoms with van der Waals surface area (Å²) in [6.45, 7) is 2.86. The third-order valence-corrected chi connectivity index (χ3v) is 2.55. The molecule has 0 atom stereocenters. The number of hydrogen-bond donors (Lipinski definition) is 3. The zero-order valence-corrected chi connectivity index (χ0v) is 11.2. The minimum atomic E-state index is -0.0275. The summed E-state index contributed by atoms with van der Waals surface area (Å²) in [5, 5.41) is 13.5. The number of amides is 1. The van der Waals surface area contributed by atoms with Gasteiger partial charge in [-0.2, -0.15) is 15.1 Å². The molecule has 19 heavy (non-hydrogen) atoms. The molecule has 0 unspecified atom stereocenters. The van der Waals surface area contributed by atoms with Crippen molar-refractivity contribution in [3.05, 3.63) is 6.20 Å². The minimum Gasteiger partial charge on any atom is -0.360 e. The van der Waals surface area contributed by atoms with Crippen molar-refractivity contribution < 1.29 is 4.79 Å². The van der Waals surface area contributed by atoms with Crippen LogP contribution in [0, 0.1) is 0 Å². The second kappa shape index (κ2) is 5.51. The zero-order valence-electron chi connectivity index (χ0n) is 11.2. The lowest BCUT2D eigenvalue weighted by Gasteiger charge is -2.12. The first kappa shape index (κ1) is 13.1. The van der Waals surface area contributed by atoms with E-state index < -0.39 is 0 Å². The van der Waals surface area contributed by atoms with Crippen LogP contribution in [0.3, 0.4) is 0 Å². The molecule has 0 aliphatic carbocycles. The van der Waals surface area contributed by atoms with Gasteiger partial charge in [-0.25, -0.2) is 0 Å². The van der Waals surface area contributed by atoms with Crippen LogP contribution in [0.5, 0.6) is 0 Å². The molecule has 3 N–H and O–H groups in total. The van der Waals surface area contributed by atoms with Crippen molar-refractivity contribution >= 4 is 28.7 Å². The molecule has 2 heterocycles. The van der Waals surface area contributed by atoms with Crippen LogP contribution in [0.4, 0.5) is 11.8 Å². The monoisotopic (exact) mass is 263 g/mol. The van der Waals surface area contributed by atoms with E-state index in [2.05, 4.69) is 30.8 Å². The Hall–Kier alpha value is -2.38. The van der Waals surface area contributed by atoms with Crippen molar-refractivity contribution in [3.63, 3.8) is 0 Å². The Bertz CT molecular complexity index is 577. The fraction of sp³-hybridized carbons (Fsp3) is 0.455. The highest BCUT2D eigenvalue weighted by molar-refractivity contribution is 5.89. The number of nitrogens with one attached hydrogen (secondary N) is 3. The SMILES string of the molecule is CCNc1nc(NCC(=O)N(C)C)c2cn[nH]c2n1. The van der Waals surface area contributed by atoms with E-state index in [1.165, 1.54) is 4.90 Å². The molecular formula is C11H17N7O. The van der Waals surface area contributed by atoms with Crippen LogP contribution in [0.25, 0.3) is 11.0 Å². The first-order chi connectivity index (χ1) is 9.11. The largest absolute Gasteiger partial charge is 0.360 e. The quantitative estimate of drug-likeness (QED) is 0.717. The lowest BCUT2D eigenvalue weighted by atomic mass is 10.4. The van der Waals surface area contributed by atoms with Gasteiger partial charge in [0.05, 0.1) is 18.1 Å². The van der Waals surface area contributed by atoms with E-state index in [0.717, 1.165) is 11.9 Å². The number of carbonyl (C=O) groups excluding carboxylic acids is 1. The van der Waals surface area contributed by atoms with E-state index in [9.17, 15) is 4.79 Å². The summed E-state index contributed by atoms with van der Waals surface area (Å²) in [5.74, 6) is 1.06. The van der Waals surface area contributed by atoms with Gasteiger partial charge in [-0.1, -0.05) is 0 Å². The van der Waals surface area contributed by atoms with Gasteiger partial charge >= 0.3 is 0 Å². The van der Waals surface area contributed by atoms with Crippen molar-refractivity contribution in [2.24, 2.45) is 0 Å². The molecule has 0 saturated carbocycles. The fourth-order valence-corrected chi connectivity index (χ4v) is 1.52. The summed E-state index contributed by atoms with van der Waals surface area (Å²) in [7, 11) is 3.42. The van der Waals surface area contributed by atoms with Crippen LogP contribution >= 0.6 is 0 Å². The van der Waals surface area contributed by atoms with Crippen molar-refractivity contribution in [2.75, 3.05) is 37.8 Å². The number of nitrogens with zero attached hydrogens (tertiary/aromatic N) is 4. The molecule has 0 aromatic carbocycles. The highest BCUT2D eigenvalue weighted by atomic mass is 16.2. The van der Waals surface area contributed by atoms with Gasteiger partial charge in [-0.3, -0.25) is 9.89 Å². The Morgan fingerprint density at radius 1 is 1.37 bits per heavy atom. The normalized spacial score (nSPS) is 10.5. The molecular weight excluding hydrogens is 246 g/mol. The Kier molecular flexibility index (Phi) is 3.79. The molecule has 0 aliphatic heterocycles. The average Bonchev–Trinajstić information content (AvgIpc) is 2.84.